The molecule has 0 radical (unpaired) electrons. The van der Waals surface area contributed by atoms with Crippen molar-refractivity contribution in [2.24, 2.45) is 5.73 Å². The number of ether oxygens (including phenoxy) is 2. The van der Waals surface area contributed by atoms with Gasteiger partial charge in [-0.1, -0.05) is 0 Å². The second-order valence-electron chi connectivity index (χ2n) is 2.60. The lowest BCUT2D eigenvalue weighted by atomic mass is 10.3. The third-order valence-corrected chi connectivity index (χ3v) is 1.49. The van der Waals surface area contributed by atoms with E-state index in [1.165, 1.54) is 7.11 Å². The predicted molar refractivity (Wildman–Crippen MR) is 45.7 cm³/mol. The van der Waals surface area contributed by atoms with Crippen LogP contribution < -0.4 is 5.73 Å². The smallest absolute Gasteiger partial charge is 0.305 e. The van der Waals surface area contributed by atoms with Gasteiger partial charge in [0, 0.05) is 19.6 Å². The molecule has 0 saturated carbocycles. The van der Waals surface area contributed by atoms with Crippen molar-refractivity contribution in [1.82, 2.24) is 0 Å². The summed E-state index contributed by atoms with van der Waals surface area (Å²) < 4.78 is 9.72. The van der Waals surface area contributed by atoms with Crippen LogP contribution in [0.2, 0.25) is 0 Å². The van der Waals surface area contributed by atoms with Crippen LogP contribution in [-0.4, -0.2) is 32.3 Å². The first-order valence-corrected chi connectivity index (χ1v) is 4.09. The molecule has 2 N–H and O–H groups in total. The third-order valence-electron chi connectivity index (χ3n) is 1.49. The second kappa shape index (κ2) is 7.06. The molecule has 0 spiro atoms. The van der Waals surface area contributed by atoms with E-state index in [0.717, 1.165) is 0 Å². The molecule has 1 atom stereocenters. The van der Waals surface area contributed by atoms with E-state index in [0.29, 0.717) is 26.0 Å². The van der Waals surface area contributed by atoms with Crippen LogP contribution in [0, 0.1) is 0 Å². The van der Waals surface area contributed by atoms with Crippen molar-refractivity contribution < 1.29 is 14.3 Å². The fourth-order valence-electron chi connectivity index (χ4n) is 0.671. The van der Waals surface area contributed by atoms with Crippen LogP contribution in [0.15, 0.2) is 0 Å². The number of rotatable bonds is 6. The minimum atomic E-state index is -0.195. The summed E-state index contributed by atoms with van der Waals surface area (Å²) in [6.07, 6.45) is 1.17. The zero-order valence-corrected chi connectivity index (χ0v) is 7.71. The predicted octanol–water partition coefficient (Wildman–Crippen LogP) is 0.303. The number of carbonyl (C=O) groups is 1. The Morgan fingerprint density at radius 1 is 1.58 bits per heavy atom. The Hall–Kier alpha value is -0.610. The Morgan fingerprint density at radius 3 is 2.75 bits per heavy atom. The van der Waals surface area contributed by atoms with Gasteiger partial charge in [-0.05, 0) is 13.3 Å². The molecule has 4 nitrogen and oxygen atoms in total. The minimum absolute atomic E-state index is 0.0719. The number of hydrogen-bond acceptors (Lipinski definition) is 4. The van der Waals surface area contributed by atoms with Crippen LogP contribution in [0.5, 0.6) is 0 Å². The molecule has 0 saturated heterocycles. The van der Waals surface area contributed by atoms with E-state index in [-0.39, 0.29) is 12.1 Å². The second-order valence-corrected chi connectivity index (χ2v) is 2.60. The number of hydrogen-bond donors (Lipinski definition) is 1. The molecule has 12 heavy (non-hydrogen) atoms. The summed E-state index contributed by atoms with van der Waals surface area (Å²) in [7, 11) is 1.38. The first-order chi connectivity index (χ1) is 5.70. The van der Waals surface area contributed by atoms with Crippen molar-refractivity contribution >= 4 is 5.97 Å². The van der Waals surface area contributed by atoms with Crippen LogP contribution in [0.4, 0.5) is 0 Å². The Morgan fingerprint density at radius 2 is 2.25 bits per heavy atom. The zero-order valence-electron chi connectivity index (χ0n) is 7.71. The van der Waals surface area contributed by atoms with Crippen LogP contribution in [0.1, 0.15) is 19.8 Å². The molecule has 0 aliphatic carbocycles. The number of nitrogens with two attached hydrogens (primary N) is 1. The lowest BCUT2D eigenvalue weighted by Gasteiger charge is -2.09. The molecule has 0 rings (SSSR count). The van der Waals surface area contributed by atoms with E-state index in [9.17, 15) is 4.79 Å². The largest absolute Gasteiger partial charge is 0.469 e. The quantitative estimate of drug-likeness (QED) is 0.466. The van der Waals surface area contributed by atoms with Gasteiger partial charge < -0.3 is 15.2 Å². The lowest BCUT2D eigenvalue weighted by Crippen LogP contribution is -2.20. The summed E-state index contributed by atoms with van der Waals surface area (Å²) in [6, 6.07) is 0. The highest BCUT2D eigenvalue weighted by Gasteiger charge is 2.01. The number of esters is 1. The molecular formula is C8H17NO3. The van der Waals surface area contributed by atoms with Crippen molar-refractivity contribution in [3.63, 3.8) is 0 Å². The van der Waals surface area contributed by atoms with Gasteiger partial charge >= 0.3 is 5.97 Å². The van der Waals surface area contributed by atoms with Gasteiger partial charge in [-0.25, -0.2) is 0 Å². The van der Waals surface area contributed by atoms with E-state index in [4.69, 9.17) is 10.5 Å². The van der Waals surface area contributed by atoms with Gasteiger partial charge in [0.2, 0.25) is 0 Å². The first kappa shape index (κ1) is 11.4. The Bertz CT molecular complexity index is 127. The summed E-state index contributed by atoms with van der Waals surface area (Å²) in [5.41, 5.74) is 5.32. The van der Waals surface area contributed by atoms with E-state index >= 15 is 0 Å². The average molecular weight is 175 g/mol. The summed E-state index contributed by atoms with van der Waals surface area (Å²) in [5.74, 6) is -0.195. The molecule has 0 heterocycles. The Labute approximate surface area is 73.0 Å². The molecule has 0 aromatic rings. The van der Waals surface area contributed by atoms with Gasteiger partial charge in [-0.3, -0.25) is 4.79 Å². The third kappa shape index (κ3) is 6.12. The van der Waals surface area contributed by atoms with Crippen molar-refractivity contribution in [3.8, 4) is 0 Å². The maximum Gasteiger partial charge on any atom is 0.305 e. The summed E-state index contributed by atoms with van der Waals surface area (Å²) in [5, 5.41) is 0. The van der Waals surface area contributed by atoms with Gasteiger partial charge in [0.05, 0.1) is 13.2 Å². The molecule has 72 valence electrons. The van der Waals surface area contributed by atoms with Gasteiger partial charge in [0.25, 0.3) is 0 Å². The van der Waals surface area contributed by atoms with Gasteiger partial charge in [0.1, 0.15) is 0 Å². The first-order valence-electron chi connectivity index (χ1n) is 4.09. The molecule has 4 heteroatoms. The number of methoxy groups -OCH3 is 1. The highest BCUT2D eigenvalue weighted by atomic mass is 16.5. The molecule has 0 aromatic carbocycles. The summed E-state index contributed by atoms with van der Waals surface area (Å²) in [6.45, 7) is 2.98. The van der Waals surface area contributed by atoms with Crippen LogP contribution in [-0.2, 0) is 14.3 Å². The Balaban J connectivity index is 3.15. The van der Waals surface area contributed by atoms with Gasteiger partial charge in [-0.2, -0.15) is 0 Å². The van der Waals surface area contributed by atoms with Crippen LogP contribution in [0.3, 0.4) is 0 Å². The number of carbonyl (C=O) groups excluding carboxylic acids is 1. The van der Waals surface area contributed by atoms with Crippen molar-refractivity contribution in [1.29, 1.82) is 0 Å². The van der Waals surface area contributed by atoms with E-state index in [1.54, 1.807) is 0 Å². The van der Waals surface area contributed by atoms with E-state index < -0.39 is 0 Å². The summed E-state index contributed by atoms with van der Waals surface area (Å²) >= 11 is 0. The molecule has 0 fully saturated rings. The zero-order chi connectivity index (χ0) is 9.40. The SMILES string of the molecule is COC(=O)CCCOC(C)CN. The summed E-state index contributed by atoms with van der Waals surface area (Å²) in [4.78, 5) is 10.6. The maximum absolute atomic E-state index is 10.6. The normalized spacial score (nSPS) is 12.6. The molecule has 0 bridgehead atoms. The lowest BCUT2D eigenvalue weighted by molar-refractivity contribution is -0.141. The highest BCUT2D eigenvalue weighted by molar-refractivity contribution is 5.68. The highest BCUT2D eigenvalue weighted by Crippen LogP contribution is 1.95. The van der Waals surface area contributed by atoms with E-state index in [1.807, 2.05) is 6.92 Å². The van der Waals surface area contributed by atoms with Crippen LogP contribution in [0.25, 0.3) is 0 Å². The molecule has 0 aliphatic rings. The van der Waals surface area contributed by atoms with Crippen molar-refractivity contribution in [2.45, 2.75) is 25.9 Å². The molecular weight excluding hydrogens is 158 g/mol. The van der Waals surface area contributed by atoms with Crippen molar-refractivity contribution in [2.75, 3.05) is 20.3 Å². The van der Waals surface area contributed by atoms with Gasteiger partial charge in [-0.15, -0.1) is 0 Å². The fourth-order valence-corrected chi connectivity index (χ4v) is 0.671. The monoisotopic (exact) mass is 175 g/mol. The minimum Gasteiger partial charge on any atom is -0.469 e. The fraction of sp³-hybridized carbons (Fsp3) is 0.875. The molecule has 0 aliphatic heterocycles. The molecule has 1 unspecified atom stereocenters. The average Bonchev–Trinajstić information content (AvgIpc) is 2.11. The standard InChI is InChI=1S/C8H17NO3/c1-7(6-9)12-5-3-4-8(10)11-2/h7H,3-6,9H2,1-2H3. The Kier molecular flexibility index (Phi) is 6.70. The van der Waals surface area contributed by atoms with E-state index in [2.05, 4.69) is 4.74 Å². The van der Waals surface area contributed by atoms with Crippen molar-refractivity contribution in [3.05, 3.63) is 0 Å². The maximum atomic E-state index is 10.6. The topological polar surface area (TPSA) is 61.5 Å². The molecule has 0 amide bonds. The van der Waals surface area contributed by atoms with Crippen LogP contribution >= 0.6 is 0 Å². The molecule has 0 aromatic heterocycles. The van der Waals surface area contributed by atoms with Gasteiger partial charge in [0.15, 0.2) is 0 Å².